The summed E-state index contributed by atoms with van der Waals surface area (Å²) in [6, 6.07) is 15.7. The number of thiocarbonyl (C=S) groups is 1. The van der Waals surface area contributed by atoms with Crippen LogP contribution in [0.1, 0.15) is 27.0 Å². The second-order valence-corrected chi connectivity index (χ2v) is 9.48. The molecule has 4 nitrogen and oxygen atoms in total. The third kappa shape index (κ3) is 5.00. The van der Waals surface area contributed by atoms with Crippen molar-refractivity contribution in [3.8, 4) is 5.75 Å². The monoisotopic (exact) mass is 497 g/mol. The van der Waals surface area contributed by atoms with Crippen molar-refractivity contribution in [1.29, 1.82) is 0 Å². The van der Waals surface area contributed by atoms with Gasteiger partial charge in [-0.2, -0.15) is 0 Å². The molecule has 0 aromatic heterocycles. The van der Waals surface area contributed by atoms with Crippen molar-refractivity contribution in [3.63, 3.8) is 0 Å². The molecule has 1 aliphatic heterocycles. The molecule has 4 rings (SSSR count). The first-order valence-electron chi connectivity index (χ1n) is 9.85. The Morgan fingerprint density at radius 3 is 2.48 bits per heavy atom. The fourth-order valence-electron chi connectivity index (χ4n) is 3.32. The molecule has 3 aromatic carbocycles. The van der Waals surface area contributed by atoms with E-state index in [1.807, 2.05) is 32.0 Å². The van der Waals surface area contributed by atoms with Crippen LogP contribution in [0, 0.1) is 19.7 Å². The number of esters is 1. The van der Waals surface area contributed by atoms with Gasteiger partial charge in [0.15, 0.2) is 4.32 Å². The summed E-state index contributed by atoms with van der Waals surface area (Å²) in [5.74, 6) is -1.15. The lowest BCUT2D eigenvalue weighted by molar-refractivity contribution is -0.113. The predicted octanol–water partition coefficient (Wildman–Crippen LogP) is 6.72. The van der Waals surface area contributed by atoms with Crippen molar-refractivity contribution in [3.05, 3.63) is 98.7 Å². The van der Waals surface area contributed by atoms with Crippen LogP contribution in [0.25, 0.3) is 6.08 Å². The smallest absolute Gasteiger partial charge is 0.343 e. The first kappa shape index (κ1) is 23.2. The lowest BCUT2D eigenvalue weighted by atomic mass is 10.1. The summed E-state index contributed by atoms with van der Waals surface area (Å²) < 4.78 is 18.8. The lowest BCUT2D eigenvalue weighted by Crippen LogP contribution is -2.28. The van der Waals surface area contributed by atoms with Crippen molar-refractivity contribution in [2.75, 3.05) is 4.90 Å². The second-order valence-electron chi connectivity index (χ2n) is 7.39. The van der Waals surface area contributed by atoms with Gasteiger partial charge in [-0.3, -0.25) is 9.69 Å². The molecule has 1 fully saturated rings. The third-order valence-corrected chi connectivity index (χ3v) is 6.52. The van der Waals surface area contributed by atoms with Crippen LogP contribution in [0.4, 0.5) is 10.1 Å². The highest BCUT2D eigenvalue weighted by Crippen LogP contribution is 2.38. The number of halogens is 2. The zero-order chi connectivity index (χ0) is 23.7. The van der Waals surface area contributed by atoms with E-state index < -0.39 is 11.8 Å². The van der Waals surface area contributed by atoms with Crippen LogP contribution in [0.15, 0.2) is 65.6 Å². The average Bonchev–Trinajstić information content (AvgIpc) is 3.03. The van der Waals surface area contributed by atoms with Crippen molar-refractivity contribution in [1.82, 2.24) is 0 Å². The van der Waals surface area contributed by atoms with Crippen LogP contribution in [-0.4, -0.2) is 16.2 Å². The number of thioether (sulfide) groups is 1. The van der Waals surface area contributed by atoms with Gasteiger partial charge in [0.25, 0.3) is 5.91 Å². The van der Waals surface area contributed by atoms with Gasteiger partial charge in [-0.15, -0.1) is 0 Å². The van der Waals surface area contributed by atoms with Gasteiger partial charge < -0.3 is 4.74 Å². The Labute approximate surface area is 205 Å². The van der Waals surface area contributed by atoms with Gasteiger partial charge in [-0.25, -0.2) is 9.18 Å². The van der Waals surface area contributed by atoms with Crippen LogP contribution >= 0.6 is 35.6 Å². The molecule has 33 heavy (non-hydrogen) atoms. The summed E-state index contributed by atoms with van der Waals surface area (Å²) in [6.45, 7) is 3.93. The molecule has 3 aromatic rings. The highest BCUT2D eigenvalue weighted by molar-refractivity contribution is 8.27. The minimum atomic E-state index is -0.654. The summed E-state index contributed by atoms with van der Waals surface area (Å²) in [6.07, 6.45) is 1.69. The lowest BCUT2D eigenvalue weighted by Gasteiger charge is -2.17. The third-order valence-electron chi connectivity index (χ3n) is 4.92. The maximum atomic E-state index is 13.1. The van der Waals surface area contributed by atoms with Crippen molar-refractivity contribution in [2.45, 2.75) is 13.8 Å². The molecule has 0 unspecified atom stereocenters. The molecule has 0 aliphatic carbocycles. The summed E-state index contributed by atoms with van der Waals surface area (Å²) >= 11 is 13.0. The SMILES string of the molecule is Cc1ccc(N2C(=O)/C(=C/c3ccc(OC(=O)c4ccc(F)cc4)c(Cl)c3)SC2=S)c(C)c1. The van der Waals surface area contributed by atoms with E-state index in [0.717, 1.165) is 16.8 Å². The number of hydrogen-bond acceptors (Lipinski definition) is 5. The number of anilines is 1. The van der Waals surface area contributed by atoms with E-state index >= 15 is 0 Å². The number of nitrogens with zero attached hydrogens (tertiary/aromatic N) is 1. The van der Waals surface area contributed by atoms with E-state index in [2.05, 4.69) is 0 Å². The van der Waals surface area contributed by atoms with Crippen LogP contribution in [-0.2, 0) is 4.79 Å². The Kier molecular flexibility index (Phi) is 6.65. The van der Waals surface area contributed by atoms with Gasteiger partial charge in [0.2, 0.25) is 0 Å². The number of carbonyl (C=O) groups is 2. The second kappa shape index (κ2) is 9.47. The Hall–Kier alpha value is -3.00. The van der Waals surface area contributed by atoms with Crippen molar-refractivity contribution >= 4 is 63.5 Å². The van der Waals surface area contributed by atoms with E-state index in [1.165, 1.54) is 40.9 Å². The van der Waals surface area contributed by atoms with E-state index in [4.69, 9.17) is 28.6 Å². The van der Waals surface area contributed by atoms with Crippen molar-refractivity contribution in [2.24, 2.45) is 0 Å². The van der Waals surface area contributed by atoms with Gasteiger partial charge in [0.1, 0.15) is 11.6 Å². The molecular weight excluding hydrogens is 481 g/mol. The molecule has 8 heteroatoms. The van der Waals surface area contributed by atoms with Crippen LogP contribution in [0.2, 0.25) is 5.02 Å². The first-order chi connectivity index (χ1) is 15.7. The van der Waals surface area contributed by atoms with Crippen LogP contribution in [0.5, 0.6) is 5.75 Å². The van der Waals surface area contributed by atoms with Crippen LogP contribution < -0.4 is 9.64 Å². The van der Waals surface area contributed by atoms with E-state index in [1.54, 1.807) is 24.3 Å². The zero-order valence-electron chi connectivity index (χ0n) is 17.6. The fraction of sp³-hybridized carbons (Fsp3) is 0.0800. The summed E-state index contributed by atoms with van der Waals surface area (Å²) in [7, 11) is 0. The number of rotatable bonds is 4. The summed E-state index contributed by atoms with van der Waals surface area (Å²) in [4.78, 5) is 27.3. The van der Waals surface area contributed by atoms with Gasteiger partial charge in [0.05, 0.1) is 21.2 Å². The highest BCUT2D eigenvalue weighted by Gasteiger charge is 2.34. The Balaban J connectivity index is 1.54. The molecule has 0 atom stereocenters. The maximum Gasteiger partial charge on any atom is 0.343 e. The number of amides is 1. The summed E-state index contributed by atoms with van der Waals surface area (Å²) in [5.41, 5.74) is 3.68. The predicted molar refractivity (Wildman–Crippen MR) is 134 cm³/mol. The normalized spacial score (nSPS) is 14.8. The molecule has 1 amide bonds. The Morgan fingerprint density at radius 2 is 1.82 bits per heavy atom. The Bertz CT molecular complexity index is 1320. The molecule has 0 radical (unpaired) electrons. The van der Waals surface area contributed by atoms with Gasteiger partial charge >= 0.3 is 5.97 Å². The molecule has 1 aliphatic rings. The van der Waals surface area contributed by atoms with Crippen molar-refractivity contribution < 1.29 is 18.7 Å². The average molecular weight is 498 g/mol. The Morgan fingerprint density at radius 1 is 1.09 bits per heavy atom. The number of ether oxygens (including phenoxy) is 1. The minimum Gasteiger partial charge on any atom is -0.421 e. The first-order valence-corrected chi connectivity index (χ1v) is 11.5. The quantitative estimate of drug-likeness (QED) is 0.173. The summed E-state index contributed by atoms with van der Waals surface area (Å²) in [5, 5.41) is 0.198. The number of carbonyl (C=O) groups excluding carboxylic acids is 2. The standard InChI is InChI=1S/C25H17ClFNO3S2/c1-14-3-9-20(15(2)11-14)28-23(29)22(33-25(28)32)13-16-4-10-21(19(26)12-16)31-24(30)17-5-7-18(27)8-6-17/h3-13H,1-2H3/b22-13-. The number of hydrogen-bond donors (Lipinski definition) is 0. The largest absolute Gasteiger partial charge is 0.421 e. The van der Waals surface area contributed by atoms with E-state index in [-0.39, 0.29) is 22.2 Å². The molecule has 0 N–H and O–H groups in total. The molecule has 0 bridgehead atoms. The van der Waals surface area contributed by atoms with Gasteiger partial charge in [-0.1, -0.05) is 59.3 Å². The number of aryl methyl sites for hydroxylation is 2. The molecule has 1 heterocycles. The number of benzene rings is 3. The van der Waals surface area contributed by atoms with Gasteiger partial charge in [0, 0.05) is 0 Å². The topological polar surface area (TPSA) is 46.6 Å². The molecular formula is C25H17ClFNO3S2. The molecule has 1 saturated heterocycles. The van der Waals surface area contributed by atoms with Gasteiger partial charge in [-0.05, 0) is 73.5 Å². The molecule has 0 saturated carbocycles. The minimum absolute atomic E-state index is 0.158. The van der Waals surface area contributed by atoms with E-state index in [0.29, 0.717) is 14.8 Å². The maximum absolute atomic E-state index is 13.1. The van der Waals surface area contributed by atoms with Crippen LogP contribution in [0.3, 0.4) is 0 Å². The fourth-order valence-corrected chi connectivity index (χ4v) is 4.83. The zero-order valence-corrected chi connectivity index (χ0v) is 20.0. The molecule has 0 spiro atoms. The van der Waals surface area contributed by atoms with E-state index in [9.17, 15) is 14.0 Å². The molecule has 166 valence electrons. The highest BCUT2D eigenvalue weighted by atomic mass is 35.5.